The Labute approximate surface area is 231 Å². The SMILES string of the molecule is Cc1cc(/C=C2\C(=O)NC(=O)N(C3CCCC3)C2=O)c(C)n1-c1ccc(OCc2ccc(Cl)cc2Cl)cc1. The Morgan fingerprint density at radius 1 is 1.00 bits per heavy atom. The topological polar surface area (TPSA) is 80.6 Å². The molecule has 1 aliphatic heterocycles. The van der Waals surface area contributed by atoms with Crippen LogP contribution in [0.1, 0.15) is 48.2 Å². The first-order valence-corrected chi connectivity index (χ1v) is 13.2. The maximum atomic E-state index is 13.2. The summed E-state index contributed by atoms with van der Waals surface area (Å²) in [5.41, 5.74) is 4.25. The summed E-state index contributed by atoms with van der Waals surface area (Å²) in [6.07, 6.45) is 5.05. The van der Waals surface area contributed by atoms with E-state index in [0.717, 1.165) is 53.9 Å². The second-order valence-corrected chi connectivity index (χ2v) is 10.5. The fourth-order valence-corrected chi connectivity index (χ4v) is 5.61. The van der Waals surface area contributed by atoms with Gasteiger partial charge in [0.2, 0.25) is 0 Å². The number of benzene rings is 2. The zero-order chi connectivity index (χ0) is 27.0. The monoisotopic (exact) mass is 551 g/mol. The van der Waals surface area contributed by atoms with Gasteiger partial charge in [-0.2, -0.15) is 0 Å². The average Bonchev–Trinajstić information content (AvgIpc) is 3.49. The van der Waals surface area contributed by atoms with E-state index in [4.69, 9.17) is 27.9 Å². The fourth-order valence-electron chi connectivity index (χ4n) is 5.14. The van der Waals surface area contributed by atoms with Crippen LogP contribution in [0, 0.1) is 13.8 Å². The zero-order valence-corrected chi connectivity index (χ0v) is 22.6. The standard InChI is InChI=1S/C29H27Cl2N3O4/c1-17-13-20(14-25-27(35)32-29(37)34(28(25)36)22-5-3-4-6-22)18(2)33(17)23-9-11-24(12-10-23)38-16-19-7-8-21(30)15-26(19)31/h7-15,22H,3-6,16H2,1-2H3,(H,32,35,37)/b25-14+. The van der Waals surface area contributed by atoms with Gasteiger partial charge in [0.05, 0.1) is 0 Å². The summed E-state index contributed by atoms with van der Waals surface area (Å²) in [6.45, 7) is 4.20. The molecule has 4 amide bonds. The third-order valence-electron chi connectivity index (χ3n) is 7.10. The van der Waals surface area contributed by atoms with E-state index in [2.05, 4.69) is 5.32 Å². The van der Waals surface area contributed by atoms with Crippen molar-refractivity contribution in [2.75, 3.05) is 0 Å². The summed E-state index contributed by atoms with van der Waals surface area (Å²) in [4.78, 5) is 39.4. The van der Waals surface area contributed by atoms with Gasteiger partial charge in [-0.25, -0.2) is 4.79 Å². The van der Waals surface area contributed by atoms with Crippen molar-refractivity contribution in [3.63, 3.8) is 0 Å². The number of nitrogens with zero attached hydrogens (tertiary/aromatic N) is 2. The number of hydrogen-bond donors (Lipinski definition) is 1. The minimum Gasteiger partial charge on any atom is -0.489 e. The second-order valence-electron chi connectivity index (χ2n) is 9.61. The molecule has 0 atom stereocenters. The summed E-state index contributed by atoms with van der Waals surface area (Å²) in [7, 11) is 0. The molecule has 7 nitrogen and oxygen atoms in total. The van der Waals surface area contributed by atoms with E-state index in [9.17, 15) is 14.4 Å². The molecule has 0 unspecified atom stereocenters. The molecule has 1 aliphatic carbocycles. The number of carbonyl (C=O) groups is 3. The van der Waals surface area contributed by atoms with E-state index >= 15 is 0 Å². The van der Waals surface area contributed by atoms with Gasteiger partial charge in [0.1, 0.15) is 17.9 Å². The van der Waals surface area contributed by atoms with Crippen molar-refractivity contribution < 1.29 is 19.1 Å². The Kier molecular flexibility index (Phi) is 7.32. The van der Waals surface area contributed by atoms with Gasteiger partial charge in [-0.05, 0) is 80.8 Å². The maximum Gasteiger partial charge on any atom is 0.331 e. The Morgan fingerprint density at radius 3 is 2.39 bits per heavy atom. The van der Waals surface area contributed by atoms with E-state index in [1.54, 1.807) is 18.2 Å². The molecular weight excluding hydrogens is 525 g/mol. The quantitative estimate of drug-likeness (QED) is 0.284. The summed E-state index contributed by atoms with van der Waals surface area (Å²) in [5, 5.41) is 3.46. The molecule has 9 heteroatoms. The Bertz CT molecular complexity index is 1450. The molecule has 2 heterocycles. The van der Waals surface area contributed by atoms with Crippen molar-refractivity contribution in [2.24, 2.45) is 0 Å². The number of nitrogens with one attached hydrogen (secondary N) is 1. The average molecular weight is 552 g/mol. The number of ether oxygens (including phenoxy) is 1. The van der Waals surface area contributed by atoms with Crippen molar-refractivity contribution >= 4 is 47.1 Å². The predicted octanol–water partition coefficient (Wildman–Crippen LogP) is 6.38. The number of imide groups is 2. The number of barbiturate groups is 1. The lowest BCUT2D eigenvalue weighted by Gasteiger charge is -2.31. The number of amides is 4. The molecule has 0 bridgehead atoms. The molecule has 1 aromatic heterocycles. The van der Waals surface area contributed by atoms with Crippen molar-refractivity contribution in [1.82, 2.24) is 14.8 Å². The highest BCUT2D eigenvalue weighted by Gasteiger charge is 2.40. The highest BCUT2D eigenvalue weighted by molar-refractivity contribution is 6.35. The van der Waals surface area contributed by atoms with Crippen molar-refractivity contribution in [1.29, 1.82) is 0 Å². The van der Waals surface area contributed by atoms with Crippen LogP contribution in [0.3, 0.4) is 0 Å². The first-order chi connectivity index (χ1) is 18.2. The van der Waals surface area contributed by atoms with Crippen molar-refractivity contribution in [3.8, 4) is 11.4 Å². The third kappa shape index (κ3) is 5.08. The normalized spacial score (nSPS) is 17.4. The lowest BCUT2D eigenvalue weighted by molar-refractivity contribution is -0.131. The molecule has 5 rings (SSSR count). The van der Waals surface area contributed by atoms with Gasteiger partial charge in [-0.15, -0.1) is 0 Å². The van der Waals surface area contributed by atoms with Gasteiger partial charge in [0.25, 0.3) is 11.8 Å². The lowest BCUT2D eigenvalue weighted by Crippen LogP contribution is -2.57. The van der Waals surface area contributed by atoms with Crippen molar-refractivity contribution in [2.45, 2.75) is 52.2 Å². The first kappa shape index (κ1) is 26.1. The summed E-state index contributed by atoms with van der Waals surface area (Å²) in [6, 6.07) is 14.0. The molecule has 2 fully saturated rings. The van der Waals surface area contributed by atoms with Crippen molar-refractivity contribution in [3.05, 3.63) is 86.7 Å². The second kappa shape index (κ2) is 10.7. The van der Waals surface area contributed by atoms with Crippen LogP contribution in [0.25, 0.3) is 11.8 Å². The molecule has 2 aliphatic rings. The Balaban J connectivity index is 1.36. The van der Waals surface area contributed by atoms with Crippen LogP contribution >= 0.6 is 23.2 Å². The van der Waals surface area contributed by atoms with Gasteiger partial charge >= 0.3 is 6.03 Å². The van der Waals surface area contributed by atoms with Crippen LogP contribution in [0.2, 0.25) is 10.0 Å². The predicted molar refractivity (Wildman–Crippen MR) is 147 cm³/mol. The number of aryl methyl sites for hydroxylation is 1. The first-order valence-electron chi connectivity index (χ1n) is 12.5. The number of urea groups is 1. The molecule has 196 valence electrons. The van der Waals surface area contributed by atoms with Gasteiger partial charge in [-0.1, -0.05) is 42.1 Å². The van der Waals surface area contributed by atoms with Crippen LogP contribution < -0.4 is 10.1 Å². The maximum absolute atomic E-state index is 13.2. The third-order valence-corrected chi connectivity index (χ3v) is 7.68. The molecule has 0 spiro atoms. The van der Waals surface area contributed by atoms with Crippen LogP contribution in [0.5, 0.6) is 5.75 Å². The highest BCUT2D eigenvalue weighted by Crippen LogP contribution is 2.29. The van der Waals surface area contributed by atoms with E-state index in [-0.39, 0.29) is 11.6 Å². The number of hydrogen-bond acceptors (Lipinski definition) is 4. The molecule has 0 radical (unpaired) electrons. The Morgan fingerprint density at radius 2 is 1.71 bits per heavy atom. The van der Waals surface area contributed by atoms with Gasteiger partial charge in [0.15, 0.2) is 0 Å². The lowest BCUT2D eigenvalue weighted by atomic mass is 10.1. The molecule has 1 saturated carbocycles. The Hall–Kier alpha value is -3.55. The number of rotatable bonds is 6. The fraction of sp³-hybridized carbons (Fsp3) is 0.276. The van der Waals surface area contributed by atoms with E-state index in [0.29, 0.717) is 22.4 Å². The summed E-state index contributed by atoms with van der Waals surface area (Å²) in [5.74, 6) is -0.509. The minimum atomic E-state index is -0.665. The zero-order valence-electron chi connectivity index (χ0n) is 21.1. The number of aromatic nitrogens is 1. The molecule has 3 aromatic rings. The summed E-state index contributed by atoms with van der Waals surface area (Å²) < 4.78 is 7.93. The van der Waals surface area contributed by atoms with Gasteiger partial charge < -0.3 is 9.30 Å². The molecule has 38 heavy (non-hydrogen) atoms. The van der Waals surface area contributed by atoms with Gasteiger partial charge in [0, 0.05) is 38.7 Å². The van der Waals surface area contributed by atoms with E-state index in [1.807, 2.05) is 54.8 Å². The smallest absolute Gasteiger partial charge is 0.331 e. The van der Waals surface area contributed by atoms with Crippen LogP contribution in [-0.2, 0) is 16.2 Å². The van der Waals surface area contributed by atoms with Crippen LogP contribution in [0.4, 0.5) is 4.79 Å². The van der Waals surface area contributed by atoms with E-state index in [1.165, 1.54) is 4.90 Å². The molecular formula is C29H27Cl2N3O4. The minimum absolute atomic E-state index is 0.0265. The van der Waals surface area contributed by atoms with Gasteiger partial charge in [-0.3, -0.25) is 19.8 Å². The van der Waals surface area contributed by atoms with E-state index < -0.39 is 17.8 Å². The number of halogens is 2. The largest absolute Gasteiger partial charge is 0.489 e. The molecule has 1 saturated heterocycles. The summed E-state index contributed by atoms with van der Waals surface area (Å²) >= 11 is 12.2. The van der Waals surface area contributed by atoms with Crippen LogP contribution in [0.15, 0.2) is 54.1 Å². The highest BCUT2D eigenvalue weighted by atomic mass is 35.5. The number of carbonyl (C=O) groups excluding carboxylic acids is 3. The molecule has 1 N–H and O–H groups in total. The molecule has 2 aromatic carbocycles. The van der Waals surface area contributed by atoms with Crippen LogP contribution in [-0.4, -0.2) is 33.4 Å².